The molecule has 1 aliphatic carbocycles. The highest BCUT2D eigenvalue weighted by atomic mass is 32.1. The molecule has 1 heterocycles. The molecule has 0 aromatic carbocycles. The molecule has 1 aromatic heterocycles. The molecule has 1 aromatic rings. The van der Waals surface area contributed by atoms with Gasteiger partial charge in [0.25, 0.3) is 0 Å². The van der Waals surface area contributed by atoms with E-state index in [1.165, 1.54) is 37.7 Å². The second-order valence-electron chi connectivity index (χ2n) is 4.62. The van der Waals surface area contributed by atoms with Crippen molar-refractivity contribution in [2.75, 3.05) is 0 Å². The topological polar surface area (TPSA) is 29.1 Å². The second kappa shape index (κ2) is 6.04. The first kappa shape index (κ1) is 11.6. The minimum atomic E-state index is 0.220. The molecule has 0 atom stereocenters. The van der Waals surface area contributed by atoms with Crippen LogP contribution in [0, 0.1) is 5.92 Å². The maximum absolute atomic E-state index is 11.7. The van der Waals surface area contributed by atoms with E-state index >= 15 is 0 Å². The number of hydrogen-bond donors (Lipinski definition) is 1. The van der Waals surface area contributed by atoms with Crippen LogP contribution in [-0.4, -0.2) is 5.91 Å². The van der Waals surface area contributed by atoms with Gasteiger partial charge in [-0.1, -0.05) is 19.3 Å². The van der Waals surface area contributed by atoms with Crippen LogP contribution < -0.4 is 5.32 Å². The zero-order valence-electron chi connectivity index (χ0n) is 9.58. The summed E-state index contributed by atoms with van der Waals surface area (Å²) in [5.74, 6) is 0.856. The molecule has 0 spiro atoms. The lowest BCUT2D eigenvalue weighted by Crippen LogP contribution is -2.25. The van der Waals surface area contributed by atoms with Crippen LogP contribution >= 0.6 is 11.3 Å². The number of carbonyl (C=O) groups excluding carboxylic acids is 1. The molecular weight excluding hydrogens is 218 g/mol. The van der Waals surface area contributed by atoms with Crippen LogP contribution in [0.15, 0.2) is 16.8 Å². The summed E-state index contributed by atoms with van der Waals surface area (Å²) in [6.45, 7) is 0.690. The van der Waals surface area contributed by atoms with Crippen molar-refractivity contribution >= 4 is 17.2 Å². The molecule has 2 nitrogen and oxygen atoms in total. The lowest BCUT2D eigenvalue weighted by Gasteiger charge is -2.20. The van der Waals surface area contributed by atoms with Gasteiger partial charge in [-0.05, 0) is 41.1 Å². The van der Waals surface area contributed by atoms with Crippen molar-refractivity contribution in [3.05, 3.63) is 22.4 Å². The average molecular weight is 237 g/mol. The van der Waals surface area contributed by atoms with Gasteiger partial charge >= 0.3 is 0 Å². The predicted octanol–water partition coefficient (Wildman–Crippen LogP) is 3.33. The summed E-state index contributed by atoms with van der Waals surface area (Å²) >= 11 is 1.68. The van der Waals surface area contributed by atoms with E-state index in [4.69, 9.17) is 0 Å². The lowest BCUT2D eigenvalue weighted by atomic mass is 9.87. The standard InChI is InChI=1S/C13H19NOS/c15-13(8-11-4-2-1-3-5-11)14-9-12-6-7-16-10-12/h6-7,10-11H,1-5,8-9H2,(H,14,15). The Morgan fingerprint density at radius 2 is 2.19 bits per heavy atom. The maximum atomic E-state index is 11.7. The SMILES string of the molecule is O=C(CC1CCCCC1)NCc1ccsc1. The zero-order valence-corrected chi connectivity index (χ0v) is 10.4. The molecule has 0 aliphatic heterocycles. The molecule has 0 radical (unpaired) electrons. The largest absolute Gasteiger partial charge is 0.352 e. The number of thiophene rings is 1. The molecule has 0 bridgehead atoms. The number of carbonyl (C=O) groups is 1. The maximum Gasteiger partial charge on any atom is 0.220 e. The van der Waals surface area contributed by atoms with Crippen molar-refractivity contribution in [3.63, 3.8) is 0 Å². The molecule has 1 saturated carbocycles. The summed E-state index contributed by atoms with van der Waals surface area (Å²) < 4.78 is 0. The molecule has 1 fully saturated rings. The van der Waals surface area contributed by atoms with Crippen LogP contribution in [0.5, 0.6) is 0 Å². The van der Waals surface area contributed by atoms with E-state index in [-0.39, 0.29) is 5.91 Å². The third-order valence-corrected chi connectivity index (χ3v) is 4.00. The summed E-state index contributed by atoms with van der Waals surface area (Å²) in [5, 5.41) is 7.13. The Morgan fingerprint density at radius 1 is 1.38 bits per heavy atom. The van der Waals surface area contributed by atoms with E-state index in [0.717, 1.165) is 6.42 Å². The molecule has 2 rings (SSSR count). The first-order valence-corrected chi connectivity index (χ1v) is 7.06. The van der Waals surface area contributed by atoms with Crippen molar-refractivity contribution in [1.29, 1.82) is 0 Å². The van der Waals surface area contributed by atoms with Gasteiger partial charge < -0.3 is 5.32 Å². The third-order valence-electron chi connectivity index (χ3n) is 3.27. The van der Waals surface area contributed by atoms with Crippen LogP contribution in [0.25, 0.3) is 0 Å². The molecule has 0 unspecified atom stereocenters. The van der Waals surface area contributed by atoms with Gasteiger partial charge in [0.1, 0.15) is 0 Å². The molecule has 0 saturated heterocycles. The van der Waals surface area contributed by atoms with Gasteiger partial charge in [-0.3, -0.25) is 4.79 Å². The highest BCUT2D eigenvalue weighted by Crippen LogP contribution is 2.26. The number of hydrogen-bond acceptors (Lipinski definition) is 2. The normalized spacial score (nSPS) is 17.2. The van der Waals surface area contributed by atoms with E-state index in [1.807, 2.05) is 5.38 Å². The first-order chi connectivity index (χ1) is 7.84. The molecule has 3 heteroatoms. The van der Waals surface area contributed by atoms with Gasteiger partial charge in [-0.15, -0.1) is 0 Å². The second-order valence-corrected chi connectivity index (χ2v) is 5.40. The lowest BCUT2D eigenvalue weighted by molar-refractivity contribution is -0.122. The number of rotatable bonds is 4. The Balaban J connectivity index is 1.67. The van der Waals surface area contributed by atoms with Crippen molar-refractivity contribution in [1.82, 2.24) is 5.32 Å². The Morgan fingerprint density at radius 3 is 2.88 bits per heavy atom. The monoisotopic (exact) mass is 237 g/mol. The van der Waals surface area contributed by atoms with E-state index in [1.54, 1.807) is 11.3 Å². The summed E-state index contributed by atoms with van der Waals surface area (Å²) in [6, 6.07) is 2.06. The molecular formula is C13H19NOS. The van der Waals surface area contributed by atoms with Crippen molar-refractivity contribution in [2.45, 2.75) is 45.1 Å². The highest BCUT2D eigenvalue weighted by Gasteiger charge is 2.16. The van der Waals surface area contributed by atoms with Crippen molar-refractivity contribution in [2.24, 2.45) is 5.92 Å². The summed E-state index contributed by atoms with van der Waals surface area (Å²) in [5.41, 5.74) is 1.21. The van der Waals surface area contributed by atoms with Crippen LogP contribution in [0.3, 0.4) is 0 Å². The fraction of sp³-hybridized carbons (Fsp3) is 0.615. The summed E-state index contributed by atoms with van der Waals surface area (Å²) in [6.07, 6.45) is 7.18. The fourth-order valence-corrected chi connectivity index (χ4v) is 2.99. The Kier molecular flexibility index (Phi) is 4.40. The molecule has 1 amide bonds. The van der Waals surface area contributed by atoms with Crippen LogP contribution in [0.1, 0.15) is 44.1 Å². The van der Waals surface area contributed by atoms with Crippen LogP contribution in [-0.2, 0) is 11.3 Å². The molecule has 88 valence electrons. The van der Waals surface area contributed by atoms with E-state index in [2.05, 4.69) is 16.8 Å². The molecule has 1 N–H and O–H groups in total. The van der Waals surface area contributed by atoms with Crippen molar-refractivity contribution in [3.8, 4) is 0 Å². The van der Waals surface area contributed by atoms with Gasteiger partial charge in [-0.25, -0.2) is 0 Å². The van der Waals surface area contributed by atoms with Crippen LogP contribution in [0.2, 0.25) is 0 Å². The summed E-state index contributed by atoms with van der Waals surface area (Å²) in [7, 11) is 0. The Hall–Kier alpha value is -0.830. The van der Waals surface area contributed by atoms with E-state index < -0.39 is 0 Å². The summed E-state index contributed by atoms with van der Waals surface area (Å²) in [4.78, 5) is 11.7. The van der Waals surface area contributed by atoms with E-state index in [9.17, 15) is 4.79 Å². The smallest absolute Gasteiger partial charge is 0.220 e. The zero-order chi connectivity index (χ0) is 11.2. The van der Waals surface area contributed by atoms with Gasteiger partial charge in [0.05, 0.1) is 0 Å². The predicted molar refractivity (Wildman–Crippen MR) is 67.4 cm³/mol. The first-order valence-electron chi connectivity index (χ1n) is 6.12. The minimum absolute atomic E-state index is 0.220. The quantitative estimate of drug-likeness (QED) is 0.855. The van der Waals surface area contributed by atoms with Gasteiger partial charge in [0.2, 0.25) is 5.91 Å². The molecule has 16 heavy (non-hydrogen) atoms. The van der Waals surface area contributed by atoms with E-state index in [0.29, 0.717) is 12.5 Å². The minimum Gasteiger partial charge on any atom is -0.352 e. The van der Waals surface area contributed by atoms with Gasteiger partial charge in [0.15, 0.2) is 0 Å². The Bertz CT molecular complexity index is 315. The van der Waals surface area contributed by atoms with Crippen LogP contribution in [0.4, 0.5) is 0 Å². The third kappa shape index (κ3) is 3.63. The number of nitrogens with one attached hydrogen (secondary N) is 1. The fourth-order valence-electron chi connectivity index (χ4n) is 2.32. The average Bonchev–Trinajstić information content (AvgIpc) is 2.81. The molecule has 1 aliphatic rings. The van der Waals surface area contributed by atoms with Gasteiger partial charge in [0, 0.05) is 13.0 Å². The van der Waals surface area contributed by atoms with Crippen molar-refractivity contribution < 1.29 is 4.79 Å². The van der Waals surface area contributed by atoms with Gasteiger partial charge in [-0.2, -0.15) is 11.3 Å². The number of amides is 1. The Labute approximate surface area is 101 Å². The highest BCUT2D eigenvalue weighted by molar-refractivity contribution is 7.07.